The van der Waals surface area contributed by atoms with Gasteiger partial charge in [-0.25, -0.2) is 8.78 Å². The number of nitrogens with one attached hydrogen (secondary N) is 1. The molecule has 0 bridgehead atoms. The molecule has 2 heterocycles. The first kappa shape index (κ1) is 20.5. The zero-order chi connectivity index (χ0) is 21.3. The summed E-state index contributed by atoms with van der Waals surface area (Å²) in [5.74, 6) is -0.744. The second kappa shape index (κ2) is 8.19. The zero-order valence-electron chi connectivity index (χ0n) is 17.3. The van der Waals surface area contributed by atoms with E-state index in [4.69, 9.17) is 4.74 Å². The van der Waals surface area contributed by atoms with Crippen molar-refractivity contribution >= 4 is 16.8 Å². The summed E-state index contributed by atoms with van der Waals surface area (Å²) in [5, 5.41) is 3.98. The number of fused-ring (bicyclic) bond motifs is 1. The van der Waals surface area contributed by atoms with E-state index < -0.39 is 5.41 Å². The molecule has 1 saturated heterocycles. The van der Waals surface area contributed by atoms with Crippen LogP contribution >= 0.6 is 0 Å². The van der Waals surface area contributed by atoms with Crippen LogP contribution < -0.4 is 5.32 Å². The fourth-order valence-electron chi connectivity index (χ4n) is 4.50. The van der Waals surface area contributed by atoms with Crippen LogP contribution in [0.25, 0.3) is 10.9 Å². The van der Waals surface area contributed by atoms with E-state index in [0.29, 0.717) is 38.0 Å². The number of hydrogen-bond donors (Lipinski definition) is 1. The molecule has 1 N–H and O–H groups in total. The molecule has 158 valence electrons. The maximum Gasteiger partial charge on any atom is 0.231 e. The lowest BCUT2D eigenvalue weighted by atomic mass is 9.73. The maximum atomic E-state index is 13.9. The van der Waals surface area contributed by atoms with Crippen LogP contribution in [-0.2, 0) is 28.4 Å². The Morgan fingerprint density at radius 3 is 2.63 bits per heavy atom. The molecule has 1 aliphatic heterocycles. The minimum atomic E-state index is -0.806. The number of amides is 1. The summed E-state index contributed by atoms with van der Waals surface area (Å²) < 4.78 is 35.1. The minimum Gasteiger partial charge on any atom is -0.381 e. The van der Waals surface area contributed by atoms with Crippen LogP contribution in [-0.4, -0.2) is 29.7 Å². The van der Waals surface area contributed by atoms with Crippen LogP contribution in [0.15, 0.2) is 48.7 Å². The van der Waals surface area contributed by atoms with Crippen molar-refractivity contribution in [1.29, 1.82) is 0 Å². The third-order valence-corrected chi connectivity index (χ3v) is 6.10. The van der Waals surface area contributed by atoms with Gasteiger partial charge >= 0.3 is 0 Å². The lowest BCUT2D eigenvalue weighted by molar-refractivity contribution is -0.131. The summed E-state index contributed by atoms with van der Waals surface area (Å²) in [6, 6.07) is 10.9. The molecule has 1 atom stereocenters. The fourth-order valence-corrected chi connectivity index (χ4v) is 4.50. The Kier molecular flexibility index (Phi) is 5.60. The Morgan fingerprint density at radius 2 is 1.90 bits per heavy atom. The predicted molar refractivity (Wildman–Crippen MR) is 112 cm³/mol. The summed E-state index contributed by atoms with van der Waals surface area (Å²) in [6.07, 6.45) is 3.56. The number of hydrogen-bond acceptors (Lipinski definition) is 2. The van der Waals surface area contributed by atoms with Crippen molar-refractivity contribution in [3.05, 3.63) is 71.4 Å². The van der Waals surface area contributed by atoms with Crippen molar-refractivity contribution in [3.63, 3.8) is 0 Å². The van der Waals surface area contributed by atoms with Crippen molar-refractivity contribution in [3.8, 4) is 0 Å². The molecule has 1 unspecified atom stereocenters. The first-order chi connectivity index (χ1) is 14.4. The molecule has 0 saturated carbocycles. The van der Waals surface area contributed by atoms with E-state index in [0.717, 1.165) is 16.5 Å². The van der Waals surface area contributed by atoms with Gasteiger partial charge in [0.2, 0.25) is 5.91 Å². The normalized spacial score (nSPS) is 17.1. The lowest BCUT2D eigenvalue weighted by Crippen LogP contribution is -2.50. The average molecular weight is 412 g/mol. The molecule has 3 aromatic rings. The molecule has 1 amide bonds. The Hall–Kier alpha value is -2.73. The van der Waals surface area contributed by atoms with Gasteiger partial charge in [-0.15, -0.1) is 0 Å². The summed E-state index contributed by atoms with van der Waals surface area (Å²) in [7, 11) is 1.92. The Morgan fingerprint density at radius 1 is 1.17 bits per heavy atom. The van der Waals surface area contributed by atoms with Crippen LogP contribution in [0.2, 0.25) is 0 Å². The highest BCUT2D eigenvalue weighted by Gasteiger charge is 2.42. The molecular formula is C24H26F2N2O2. The van der Waals surface area contributed by atoms with E-state index in [2.05, 4.69) is 5.32 Å². The van der Waals surface area contributed by atoms with Crippen LogP contribution in [0.4, 0.5) is 8.78 Å². The van der Waals surface area contributed by atoms with Crippen molar-refractivity contribution in [1.82, 2.24) is 9.88 Å². The average Bonchev–Trinajstić information content (AvgIpc) is 3.02. The van der Waals surface area contributed by atoms with Gasteiger partial charge in [0.05, 0.1) is 5.41 Å². The highest BCUT2D eigenvalue weighted by molar-refractivity contribution is 5.89. The molecular weight excluding hydrogens is 386 g/mol. The van der Waals surface area contributed by atoms with Crippen molar-refractivity contribution in [2.45, 2.75) is 37.6 Å². The largest absolute Gasteiger partial charge is 0.381 e. The first-order valence-electron chi connectivity index (χ1n) is 10.3. The van der Waals surface area contributed by atoms with E-state index >= 15 is 0 Å². The smallest absolute Gasteiger partial charge is 0.231 e. The van der Waals surface area contributed by atoms with Crippen LogP contribution in [0.5, 0.6) is 0 Å². The molecule has 30 heavy (non-hydrogen) atoms. The maximum absolute atomic E-state index is 13.9. The standard InChI is InChI=1S/C24H26F2N2O2/c1-16(12-17-15-28(2)22-7-6-20(26)14-21(17)22)27-23(29)24(8-10-30-11-9-24)18-4-3-5-19(25)13-18/h3-7,13-16H,8-12H2,1-2H3,(H,27,29). The molecule has 1 fully saturated rings. The number of nitrogens with zero attached hydrogens (tertiary/aromatic N) is 1. The van der Waals surface area contributed by atoms with Gasteiger partial charge in [-0.3, -0.25) is 4.79 Å². The van der Waals surface area contributed by atoms with E-state index in [9.17, 15) is 13.6 Å². The van der Waals surface area contributed by atoms with Gasteiger partial charge in [-0.2, -0.15) is 0 Å². The summed E-state index contributed by atoms with van der Waals surface area (Å²) >= 11 is 0. The van der Waals surface area contributed by atoms with Gasteiger partial charge in [0, 0.05) is 43.4 Å². The van der Waals surface area contributed by atoms with Crippen molar-refractivity contribution < 1.29 is 18.3 Å². The predicted octanol–water partition coefficient (Wildman–Crippen LogP) is 4.25. The molecule has 0 aliphatic carbocycles. The van der Waals surface area contributed by atoms with Gasteiger partial charge in [-0.1, -0.05) is 12.1 Å². The Balaban J connectivity index is 1.57. The summed E-state index contributed by atoms with van der Waals surface area (Å²) in [5.41, 5.74) is 1.80. The molecule has 4 rings (SSSR count). The highest BCUT2D eigenvalue weighted by atomic mass is 19.1. The van der Waals surface area contributed by atoms with E-state index in [-0.39, 0.29) is 23.6 Å². The molecule has 4 nitrogen and oxygen atoms in total. The van der Waals surface area contributed by atoms with Crippen LogP contribution in [0.1, 0.15) is 30.9 Å². The third kappa shape index (κ3) is 3.84. The molecule has 1 aliphatic rings. The molecule has 1 aromatic heterocycles. The summed E-state index contributed by atoms with van der Waals surface area (Å²) in [4.78, 5) is 13.4. The Bertz CT molecular complexity index is 1070. The third-order valence-electron chi connectivity index (χ3n) is 6.10. The summed E-state index contributed by atoms with van der Waals surface area (Å²) in [6.45, 7) is 2.86. The van der Waals surface area contributed by atoms with Gasteiger partial charge in [0.1, 0.15) is 11.6 Å². The number of carbonyl (C=O) groups excluding carboxylic acids is 1. The quantitative estimate of drug-likeness (QED) is 0.681. The monoisotopic (exact) mass is 412 g/mol. The molecule has 2 aromatic carbocycles. The molecule has 0 spiro atoms. The SMILES string of the molecule is CC(Cc1cn(C)c2ccc(F)cc12)NC(=O)C1(c2cccc(F)c2)CCOCC1. The first-order valence-corrected chi connectivity index (χ1v) is 10.3. The van der Waals surface area contributed by atoms with Gasteiger partial charge in [0.25, 0.3) is 0 Å². The van der Waals surface area contributed by atoms with Crippen molar-refractivity contribution in [2.75, 3.05) is 13.2 Å². The fraction of sp³-hybridized carbons (Fsp3) is 0.375. The molecule has 6 heteroatoms. The van der Waals surface area contributed by atoms with Crippen molar-refractivity contribution in [2.24, 2.45) is 7.05 Å². The number of aromatic nitrogens is 1. The minimum absolute atomic E-state index is 0.115. The van der Waals surface area contributed by atoms with Crippen LogP contribution in [0.3, 0.4) is 0 Å². The van der Waals surface area contributed by atoms with Gasteiger partial charge in [-0.05, 0) is 67.6 Å². The highest BCUT2D eigenvalue weighted by Crippen LogP contribution is 2.36. The molecule has 0 radical (unpaired) electrons. The second-order valence-electron chi connectivity index (χ2n) is 8.21. The zero-order valence-corrected chi connectivity index (χ0v) is 17.3. The topological polar surface area (TPSA) is 43.3 Å². The number of aryl methyl sites for hydroxylation is 1. The number of benzene rings is 2. The number of ether oxygens (including phenoxy) is 1. The number of carbonyl (C=O) groups is 1. The number of halogens is 2. The lowest BCUT2D eigenvalue weighted by Gasteiger charge is -2.37. The number of rotatable bonds is 5. The van der Waals surface area contributed by atoms with E-state index in [1.807, 2.05) is 30.8 Å². The van der Waals surface area contributed by atoms with Gasteiger partial charge in [0.15, 0.2) is 0 Å². The van der Waals surface area contributed by atoms with Crippen LogP contribution in [0, 0.1) is 11.6 Å². The van der Waals surface area contributed by atoms with E-state index in [1.165, 1.54) is 24.3 Å². The van der Waals surface area contributed by atoms with Gasteiger partial charge < -0.3 is 14.6 Å². The Labute approximate surface area is 174 Å². The second-order valence-corrected chi connectivity index (χ2v) is 8.21. The van der Waals surface area contributed by atoms with E-state index in [1.54, 1.807) is 12.1 Å².